The molecule has 0 aromatic heterocycles. The summed E-state index contributed by atoms with van der Waals surface area (Å²) in [5, 5.41) is 12.4. The first kappa shape index (κ1) is 11.3. The second-order valence-electron chi connectivity index (χ2n) is 3.40. The molecule has 0 bridgehead atoms. The van der Waals surface area contributed by atoms with Gasteiger partial charge in [0, 0.05) is 7.11 Å². The summed E-state index contributed by atoms with van der Waals surface area (Å²) in [6, 6.07) is -0.348. The standard InChI is InChI=1S/C9H17NO4/c1-3-4-7(13-2)8(11)6-5-14-9(12)10-6/h6-8,11H,3-5H2,1-2H3,(H,10,12)/t6-,7+,8-/m0/s1. The van der Waals surface area contributed by atoms with E-state index in [4.69, 9.17) is 9.47 Å². The fourth-order valence-electron chi connectivity index (χ4n) is 1.56. The van der Waals surface area contributed by atoms with Crippen molar-refractivity contribution >= 4 is 6.09 Å². The quantitative estimate of drug-likeness (QED) is 0.673. The first-order chi connectivity index (χ1) is 6.69. The molecule has 3 atom stereocenters. The molecular formula is C9H17NO4. The van der Waals surface area contributed by atoms with Crippen LogP contribution in [0.3, 0.4) is 0 Å². The molecule has 1 aliphatic rings. The normalized spacial score (nSPS) is 25.4. The predicted octanol–water partition coefficient (Wildman–Crippen LogP) is 0.271. The van der Waals surface area contributed by atoms with Crippen molar-refractivity contribution in [1.29, 1.82) is 0 Å². The second kappa shape index (κ2) is 5.17. The summed E-state index contributed by atoms with van der Waals surface area (Å²) in [5.74, 6) is 0. The van der Waals surface area contributed by atoms with Gasteiger partial charge in [0.05, 0.1) is 12.1 Å². The van der Waals surface area contributed by atoms with E-state index in [0.717, 1.165) is 12.8 Å². The summed E-state index contributed by atoms with van der Waals surface area (Å²) >= 11 is 0. The Kier molecular flexibility index (Phi) is 4.16. The molecule has 0 aromatic rings. The molecule has 0 saturated carbocycles. The minimum atomic E-state index is -0.702. The zero-order chi connectivity index (χ0) is 10.6. The van der Waals surface area contributed by atoms with Crippen LogP contribution >= 0.6 is 0 Å². The Labute approximate surface area is 83.4 Å². The van der Waals surface area contributed by atoms with Gasteiger partial charge in [-0.1, -0.05) is 13.3 Å². The lowest BCUT2D eigenvalue weighted by atomic mass is 10.0. The summed E-state index contributed by atoms with van der Waals surface area (Å²) in [6.45, 7) is 2.23. The van der Waals surface area contributed by atoms with Crippen LogP contribution in [0.2, 0.25) is 0 Å². The van der Waals surface area contributed by atoms with Crippen LogP contribution in [-0.2, 0) is 9.47 Å². The molecule has 1 heterocycles. The van der Waals surface area contributed by atoms with Crippen LogP contribution in [0.15, 0.2) is 0 Å². The number of nitrogens with one attached hydrogen (secondary N) is 1. The highest BCUT2D eigenvalue weighted by molar-refractivity contribution is 5.69. The molecule has 1 rings (SSSR count). The Bertz CT molecular complexity index is 197. The Morgan fingerprint density at radius 3 is 2.93 bits per heavy atom. The third-order valence-corrected chi connectivity index (χ3v) is 2.37. The van der Waals surface area contributed by atoms with Gasteiger partial charge in [-0.3, -0.25) is 0 Å². The highest BCUT2D eigenvalue weighted by Crippen LogP contribution is 2.13. The van der Waals surface area contributed by atoms with Crippen molar-refractivity contribution in [3.8, 4) is 0 Å². The molecule has 0 unspecified atom stereocenters. The fourth-order valence-corrected chi connectivity index (χ4v) is 1.56. The van der Waals surface area contributed by atoms with E-state index in [1.807, 2.05) is 6.92 Å². The summed E-state index contributed by atoms with van der Waals surface area (Å²) in [5.41, 5.74) is 0. The number of cyclic esters (lactones) is 1. The zero-order valence-corrected chi connectivity index (χ0v) is 8.53. The predicted molar refractivity (Wildman–Crippen MR) is 50.0 cm³/mol. The van der Waals surface area contributed by atoms with Crippen molar-refractivity contribution in [1.82, 2.24) is 5.32 Å². The molecular weight excluding hydrogens is 186 g/mol. The van der Waals surface area contributed by atoms with E-state index < -0.39 is 12.2 Å². The number of alkyl carbamates (subject to hydrolysis) is 1. The summed E-state index contributed by atoms with van der Waals surface area (Å²) in [6.07, 6.45) is 0.278. The average molecular weight is 203 g/mol. The van der Waals surface area contributed by atoms with Gasteiger partial charge in [0.15, 0.2) is 0 Å². The molecule has 1 aliphatic heterocycles. The van der Waals surface area contributed by atoms with Crippen molar-refractivity contribution in [3.05, 3.63) is 0 Å². The van der Waals surface area contributed by atoms with Crippen molar-refractivity contribution in [2.45, 2.75) is 38.0 Å². The van der Waals surface area contributed by atoms with Crippen molar-refractivity contribution in [2.24, 2.45) is 0 Å². The van der Waals surface area contributed by atoms with Crippen molar-refractivity contribution < 1.29 is 19.4 Å². The number of aliphatic hydroxyl groups is 1. The lowest BCUT2D eigenvalue weighted by molar-refractivity contribution is -0.0325. The maximum Gasteiger partial charge on any atom is 0.407 e. The van der Waals surface area contributed by atoms with Gasteiger partial charge in [0.2, 0.25) is 0 Å². The van der Waals surface area contributed by atoms with Crippen LogP contribution < -0.4 is 5.32 Å². The molecule has 0 radical (unpaired) electrons. The van der Waals surface area contributed by atoms with Gasteiger partial charge in [0.1, 0.15) is 12.7 Å². The first-order valence-electron chi connectivity index (χ1n) is 4.83. The number of aliphatic hydroxyl groups excluding tert-OH is 1. The molecule has 0 aliphatic carbocycles. The van der Waals surface area contributed by atoms with Crippen LogP contribution in [-0.4, -0.2) is 43.2 Å². The lowest BCUT2D eigenvalue weighted by Gasteiger charge is -2.24. The molecule has 0 aromatic carbocycles. The summed E-state index contributed by atoms with van der Waals surface area (Å²) in [7, 11) is 1.56. The number of hydrogen-bond acceptors (Lipinski definition) is 4. The smallest absolute Gasteiger partial charge is 0.407 e. The van der Waals surface area contributed by atoms with Crippen LogP contribution in [0.5, 0.6) is 0 Å². The molecule has 0 spiro atoms. The van der Waals surface area contributed by atoms with E-state index in [1.165, 1.54) is 0 Å². The highest BCUT2D eigenvalue weighted by Gasteiger charge is 2.33. The number of methoxy groups -OCH3 is 1. The molecule has 1 saturated heterocycles. The first-order valence-corrected chi connectivity index (χ1v) is 4.83. The molecule has 2 N–H and O–H groups in total. The topological polar surface area (TPSA) is 67.8 Å². The van der Waals surface area contributed by atoms with Crippen LogP contribution in [0.25, 0.3) is 0 Å². The average Bonchev–Trinajstić information content (AvgIpc) is 2.60. The molecule has 5 nitrogen and oxygen atoms in total. The molecule has 5 heteroatoms. The summed E-state index contributed by atoms with van der Waals surface area (Å²) < 4.78 is 9.84. The van der Waals surface area contributed by atoms with E-state index in [-0.39, 0.29) is 18.8 Å². The lowest BCUT2D eigenvalue weighted by Crippen LogP contribution is -2.45. The van der Waals surface area contributed by atoms with Gasteiger partial charge in [-0.05, 0) is 6.42 Å². The van der Waals surface area contributed by atoms with Gasteiger partial charge in [-0.15, -0.1) is 0 Å². The van der Waals surface area contributed by atoms with Crippen LogP contribution in [0.1, 0.15) is 19.8 Å². The summed E-state index contributed by atoms with van der Waals surface area (Å²) in [4.78, 5) is 10.7. The van der Waals surface area contributed by atoms with Gasteiger partial charge >= 0.3 is 6.09 Å². The third-order valence-electron chi connectivity index (χ3n) is 2.37. The van der Waals surface area contributed by atoms with Gasteiger partial charge in [-0.25, -0.2) is 4.79 Å². The SMILES string of the molecule is CCC[C@@H](OC)[C@@H](O)[C@@H]1COC(=O)N1. The minimum Gasteiger partial charge on any atom is -0.447 e. The number of ether oxygens (including phenoxy) is 2. The number of rotatable bonds is 5. The van der Waals surface area contributed by atoms with E-state index in [0.29, 0.717) is 0 Å². The third kappa shape index (κ3) is 2.59. The Morgan fingerprint density at radius 1 is 1.79 bits per heavy atom. The second-order valence-corrected chi connectivity index (χ2v) is 3.40. The van der Waals surface area contributed by atoms with E-state index in [9.17, 15) is 9.90 Å². The van der Waals surface area contributed by atoms with E-state index >= 15 is 0 Å². The number of carbonyl (C=O) groups excluding carboxylic acids is 1. The molecule has 1 fully saturated rings. The number of carbonyl (C=O) groups is 1. The van der Waals surface area contributed by atoms with Crippen LogP contribution in [0.4, 0.5) is 4.79 Å². The van der Waals surface area contributed by atoms with Crippen molar-refractivity contribution in [3.63, 3.8) is 0 Å². The van der Waals surface area contributed by atoms with Crippen LogP contribution in [0, 0.1) is 0 Å². The van der Waals surface area contributed by atoms with E-state index in [2.05, 4.69) is 5.32 Å². The highest BCUT2D eigenvalue weighted by atomic mass is 16.6. The maximum absolute atomic E-state index is 10.7. The minimum absolute atomic E-state index is 0.212. The van der Waals surface area contributed by atoms with Crippen molar-refractivity contribution in [2.75, 3.05) is 13.7 Å². The Balaban J connectivity index is 2.45. The van der Waals surface area contributed by atoms with Gasteiger partial charge in [0.25, 0.3) is 0 Å². The van der Waals surface area contributed by atoms with Gasteiger partial charge in [-0.2, -0.15) is 0 Å². The van der Waals surface area contributed by atoms with Gasteiger partial charge < -0.3 is 19.9 Å². The molecule has 82 valence electrons. The molecule has 1 amide bonds. The number of hydrogen-bond donors (Lipinski definition) is 2. The van der Waals surface area contributed by atoms with E-state index in [1.54, 1.807) is 7.11 Å². The zero-order valence-electron chi connectivity index (χ0n) is 8.53. The molecule has 14 heavy (non-hydrogen) atoms. The number of amides is 1. The maximum atomic E-state index is 10.7. The largest absolute Gasteiger partial charge is 0.447 e. The Morgan fingerprint density at radius 2 is 2.50 bits per heavy atom. The fraction of sp³-hybridized carbons (Fsp3) is 0.889. The monoisotopic (exact) mass is 203 g/mol. The Hall–Kier alpha value is -0.810.